The molecule has 2 heterocycles. The van der Waals surface area contributed by atoms with Crippen molar-refractivity contribution in [1.82, 2.24) is 25.2 Å². The van der Waals surface area contributed by atoms with Crippen molar-refractivity contribution in [2.45, 2.75) is 32.7 Å². The number of hydrogen-bond donors (Lipinski definition) is 2. The molecule has 0 aliphatic heterocycles. The van der Waals surface area contributed by atoms with Gasteiger partial charge in [0.05, 0.1) is 12.7 Å². The van der Waals surface area contributed by atoms with Gasteiger partial charge in [-0.25, -0.2) is 0 Å². The Kier molecular flexibility index (Phi) is 3.71. The van der Waals surface area contributed by atoms with Gasteiger partial charge >= 0.3 is 0 Å². The second kappa shape index (κ2) is 5.44. The summed E-state index contributed by atoms with van der Waals surface area (Å²) in [6.07, 6.45) is 3.65. The summed E-state index contributed by atoms with van der Waals surface area (Å²) in [7, 11) is 0. The van der Waals surface area contributed by atoms with Gasteiger partial charge in [0.1, 0.15) is 0 Å². The first-order chi connectivity index (χ1) is 8.65. The van der Waals surface area contributed by atoms with Gasteiger partial charge in [-0.2, -0.15) is 5.10 Å². The minimum atomic E-state index is -0.0905. The quantitative estimate of drug-likeness (QED) is 0.830. The lowest BCUT2D eigenvalue weighted by atomic mass is 10.1. The molecular weight excluding hydrogens is 232 g/mol. The molecule has 0 fully saturated rings. The maximum Gasteiger partial charge on any atom is 0.227 e. The van der Waals surface area contributed by atoms with Crippen molar-refractivity contribution in [1.29, 1.82) is 0 Å². The number of amides is 1. The first kappa shape index (κ1) is 12.3. The first-order valence-corrected chi connectivity index (χ1v) is 5.84. The van der Waals surface area contributed by atoms with Crippen LogP contribution in [-0.4, -0.2) is 31.1 Å². The standard InChI is InChI=1S/C11H16N6O/c1-8(2)9-7-10(15-14-9)13-11(18)3-5-17-6-4-12-16-17/h4,6-8H,3,5H2,1-2H3,(H2,13,14,15,18). The van der Waals surface area contributed by atoms with Crippen molar-refractivity contribution in [2.75, 3.05) is 5.32 Å². The highest BCUT2D eigenvalue weighted by Crippen LogP contribution is 2.14. The molecule has 7 nitrogen and oxygen atoms in total. The molecule has 2 rings (SSSR count). The number of carbonyl (C=O) groups is 1. The van der Waals surface area contributed by atoms with Gasteiger partial charge in [0, 0.05) is 24.4 Å². The molecular formula is C11H16N6O. The molecule has 1 amide bonds. The van der Waals surface area contributed by atoms with Crippen LogP contribution in [0.5, 0.6) is 0 Å². The Bertz CT molecular complexity index is 501. The second-order valence-electron chi connectivity index (χ2n) is 4.33. The molecule has 0 saturated carbocycles. The molecule has 18 heavy (non-hydrogen) atoms. The number of aryl methyl sites for hydroxylation is 1. The molecule has 0 bridgehead atoms. The topological polar surface area (TPSA) is 88.5 Å². The number of nitrogens with zero attached hydrogens (tertiary/aromatic N) is 4. The van der Waals surface area contributed by atoms with Gasteiger partial charge in [-0.3, -0.25) is 14.6 Å². The summed E-state index contributed by atoms with van der Waals surface area (Å²) < 4.78 is 1.61. The van der Waals surface area contributed by atoms with Crippen molar-refractivity contribution in [3.8, 4) is 0 Å². The number of hydrogen-bond acceptors (Lipinski definition) is 4. The van der Waals surface area contributed by atoms with E-state index in [0.717, 1.165) is 5.69 Å². The summed E-state index contributed by atoms with van der Waals surface area (Å²) in [4.78, 5) is 11.7. The zero-order chi connectivity index (χ0) is 13.0. The molecule has 0 aromatic carbocycles. The van der Waals surface area contributed by atoms with Crippen LogP contribution in [0.25, 0.3) is 0 Å². The Hall–Kier alpha value is -2.18. The summed E-state index contributed by atoms with van der Waals surface area (Å²) in [5, 5.41) is 17.1. The summed E-state index contributed by atoms with van der Waals surface area (Å²) in [5.41, 5.74) is 1.00. The van der Waals surface area contributed by atoms with Gasteiger partial charge in [0.2, 0.25) is 5.91 Å². The lowest BCUT2D eigenvalue weighted by molar-refractivity contribution is -0.116. The fourth-order valence-corrected chi connectivity index (χ4v) is 1.47. The maximum absolute atomic E-state index is 11.7. The predicted molar refractivity (Wildman–Crippen MR) is 65.9 cm³/mol. The Balaban J connectivity index is 1.83. The van der Waals surface area contributed by atoms with Crippen LogP contribution in [-0.2, 0) is 11.3 Å². The molecule has 0 aliphatic carbocycles. The third-order valence-electron chi connectivity index (χ3n) is 2.53. The highest BCUT2D eigenvalue weighted by atomic mass is 16.1. The largest absolute Gasteiger partial charge is 0.309 e. The summed E-state index contributed by atoms with van der Waals surface area (Å²) in [6, 6.07) is 1.85. The molecule has 0 radical (unpaired) electrons. The summed E-state index contributed by atoms with van der Waals surface area (Å²) in [6.45, 7) is 4.63. The lowest BCUT2D eigenvalue weighted by Gasteiger charge is -2.01. The van der Waals surface area contributed by atoms with E-state index in [-0.39, 0.29) is 5.91 Å². The number of anilines is 1. The average molecular weight is 248 g/mol. The molecule has 0 saturated heterocycles. The smallest absolute Gasteiger partial charge is 0.227 e. The minimum absolute atomic E-state index is 0.0905. The highest BCUT2D eigenvalue weighted by Gasteiger charge is 2.08. The van der Waals surface area contributed by atoms with E-state index in [2.05, 4.69) is 39.7 Å². The van der Waals surface area contributed by atoms with Crippen molar-refractivity contribution in [2.24, 2.45) is 0 Å². The van der Waals surface area contributed by atoms with Gasteiger partial charge in [0.25, 0.3) is 0 Å². The number of rotatable bonds is 5. The molecule has 96 valence electrons. The van der Waals surface area contributed by atoms with E-state index < -0.39 is 0 Å². The molecule has 2 aromatic heterocycles. The number of aromatic nitrogens is 5. The Labute approximate surface area is 105 Å². The van der Waals surface area contributed by atoms with Crippen LogP contribution < -0.4 is 5.32 Å². The third-order valence-corrected chi connectivity index (χ3v) is 2.53. The molecule has 0 unspecified atom stereocenters. The molecule has 7 heteroatoms. The van der Waals surface area contributed by atoms with Crippen LogP contribution in [0.2, 0.25) is 0 Å². The van der Waals surface area contributed by atoms with E-state index in [1.54, 1.807) is 17.1 Å². The number of nitrogens with one attached hydrogen (secondary N) is 2. The molecule has 0 spiro atoms. The first-order valence-electron chi connectivity index (χ1n) is 5.84. The summed E-state index contributed by atoms with van der Waals surface area (Å²) >= 11 is 0. The van der Waals surface area contributed by atoms with Gasteiger partial charge in [-0.15, -0.1) is 5.10 Å². The van der Waals surface area contributed by atoms with E-state index in [0.29, 0.717) is 24.7 Å². The third kappa shape index (κ3) is 3.16. The SMILES string of the molecule is CC(C)c1cc(NC(=O)CCn2ccnn2)n[nH]1. The molecule has 2 aromatic rings. The highest BCUT2D eigenvalue weighted by molar-refractivity contribution is 5.89. The fraction of sp³-hybridized carbons (Fsp3) is 0.455. The van der Waals surface area contributed by atoms with Gasteiger partial charge in [-0.05, 0) is 5.92 Å². The van der Waals surface area contributed by atoms with Crippen molar-refractivity contribution in [3.63, 3.8) is 0 Å². The summed E-state index contributed by atoms with van der Waals surface area (Å²) in [5.74, 6) is 0.827. The maximum atomic E-state index is 11.7. The average Bonchev–Trinajstić information content (AvgIpc) is 2.96. The minimum Gasteiger partial charge on any atom is -0.309 e. The van der Waals surface area contributed by atoms with Crippen LogP contribution in [0.4, 0.5) is 5.82 Å². The van der Waals surface area contributed by atoms with Crippen molar-refractivity contribution < 1.29 is 4.79 Å². The van der Waals surface area contributed by atoms with Crippen molar-refractivity contribution in [3.05, 3.63) is 24.2 Å². The van der Waals surface area contributed by atoms with Crippen LogP contribution in [0, 0.1) is 0 Å². The van der Waals surface area contributed by atoms with E-state index >= 15 is 0 Å². The number of H-pyrrole nitrogens is 1. The van der Waals surface area contributed by atoms with Crippen LogP contribution in [0.15, 0.2) is 18.5 Å². The second-order valence-corrected chi connectivity index (χ2v) is 4.33. The van der Waals surface area contributed by atoms with E-state index in [1.807, 2.05) is 6.07 Å². The van der Waals surface area contributed by atoms with Crippen LogP contribution >= 0.6 is 0 Å². The van der Waals surface area contributed by atoms with E-state index in [1.165, 1.54) is 0 Å². The molecule has 2 N–H and O–H groups in total. The monoisotopic (exact) mass is 248 g/mol. The van der Waals surface area contributed by atoms with Gasteiger partial charge < -0.3 is 5.32 Å². The van der Waals surface area contributed by atoms with Gasteiger partial charge in [0.15, 0.2) is 5.82 Å². The predicted octanol–water partition coefficient (Wildman–Crippen LogP) is 1.15. The number of carbonyl (C=O) groups excluding carboxylic acids is 1. The van der Waals surface area contributed by atoms with Crippen LogP contribution in [0.1, 0.15) is 31.9 Å². The Morgan fingerprint density at radius 1 is 1.56 bits per heavy atom. The molecule has 0 aliphatic rings. The zero-order valence-corrected chi connectivity index (χ0v) is 10.4. The van der Waals surface area contributed by atoms with Crippen molar-refractivity contribution >= 4 is 11.7 Å². The van der Waals surface area contributed by atoms with Gasteiger partial charge in [-0.1, -0.05) is 19.1 Å². The molecule has 0 atom stereocenters. The Morgan fingerprint density at radius 2 is 2.39 bits per heavy atom. The van der Waals surface area contributed by atoms with Crippen LogP contribution in [0.3, 0.4) is 0 Å². The van der Waals surface area contributed by atoms with E-state index in [4.69, 9.17) is 0 Å². The zero-order valence-electron chi connectivity index (χ0n) is 10.4. The Morgan fingerprint density at radius 3 is 3.00 bits per heavy atom. The lowest BCUT2D eigenvalue weighted by Crippen LogP contribution is -2.15. The number of aromatic amines is 1. The fourth-order valence-electron chi connectivity index (χ4n) is 1.47. The van der Waals surface area contributed by atoms with E-state index in [9.17, 15) is 4.79 Å². The normalized spacial score (nSPS) is 10.8.